The molecule has 5 aromatic rings. The first-order valence-corrected chi connectivity index (χ1v) is 11.6. The summed E-state index contributed by atoms with van der Waals surface area (Å²) in [5.41, 5.74) is 9.37. The van der Waals surface area contributed by atoms with E-state index in [9.17, 15) is 0 Å². The Morgan fingerprint density at radius 3 is 1.97 bits per heavy atom. The van der Waals surface area contributed by atoms with E-state index in [-0.39, 0.29) is 5.41 Å². The molecule has 0 N–H and O–H groups in total. The van der Waals surface area contributed by atoms with Gasteiger partial charge in [-0.1, -0.05) is 86.5 Å². The number of benzene rings is 5. The second-order valence-electron chi connectivity index (χ2n) is 10.6. The van der Waals surface area contributed by atoms with E-state index in [0.717, 1.165) is 0 Å². The van der Waals surface area contributed by atoms with Crippen molar-refractivity contribution in [1.82, 2.24) is 0 Å². The maximum absolute atomic E-state index is 2.43. The summed E-state index contributed by atoms with van der Waals surface area (Å²) in [7, 11) is 0. The van der Waals surface area contributed by atoms with Crippen molar-refractivity contribution in [2.24, 2.45) is 0 Å². The molecule has 5 rings (SSSR count). The van der Waals surface area contributed by atoms with Crippen molar-refractivity contribution in [3.8, 4) is 0 Å². The van der Waals surface area contributed by atoms with Crippen LogP contribution >= 0.6 is 0 Å². The Morgan fingerprint density at radius 1 is 0.594 bits per heavy atom. The molecule has 0 heterocycles. The van der Waals surface area contributed by atoms with Gasteiger partial charge in [0, 0.05) is 0 Å². The molecule has 0 aromatic heterocycles. The lowest BCUT2D eigenvalue weighted by molar-refractivity contribution is 0.591. The Kier molecular flexibility index (Phi) is 4.67. The summed E-state index contributed by atoms with van der Waals surface area (Å²) in [4.78, 5) is 0. The zero-order valence-electron chi connectivity index (χ0n) is 20.4. The van der Waals surface area contributed by atoms with E-state index < -0.39 is 0 Å². The maximum atomic E-state index is 2.43. The van der Waals surface area contributed by atoms with Gasteiger partial charge in [-0.3, -0.25) is 0 Å². The van der Waals surface area contributed by atoms with Gasteiger partial charge in [0.25, 0.3) is 0 Å². The van der Waals surface area contributed by atoms with Gasteiger partial charge in [-0.2, -0.15) is 0 Å². The van der Waals surface area contributed by atoms with Crippen molar-refractivity contribution in [3.63, 3.8) is 0 Å². The molecular formula is C32H32. The van der Waals surface area contributed by atoms with Crippen LogP contribution in [0.25, 0.3) is 44.5 Å². The van der Waals surface area contributed by atoms with Crippen molar-refractivity contribution >= 4 is 44.5 Å². The third kappa shape index (κ3) is 3.39. The highest BCUT2D eigenvalue weighted by molar-refractivity contribution is 6.26. The van der Waals surface area contributed by atoms with Crippen LogP contribution in [0.5, 0.6) is 0 Å². The van der Waals surface area contributed by atoms with Gasteiger partial charge >= 0.3 is 0 Å². The van der Waals surface area contributed by atoms with Crippen molar-refractivity contribution in [3.05, 3.63) is 93.5 Å². The van der Waals surface area contributed by atoms with Gasteiger partial charge in [0.05, 0.1) is 0 Å². The molecule has 0 heteroatoms. The van der Waals surface area contributed by atoms with E-state index >= 15 is 0 Å². The van der Waals surface area contributed by atoms with Crippen LogP contribution in [-0.4, -0.2) is 0 Å². The minimum atomic E-state index is 0.102. The molecule has 0 unspecified atom stereocenters. The number of rotatable bonds is 2. The molecule has 0 bridgehead atoms. The molecule has 0 amide bonds. The van der Waals surface area contributed by atoms with Gasteiger partial charge in [0.15, 0.2) is 0 Å². The highest BCUT2D eigenvalue weighted by Crippen LogP contribution is 2.41. The predicted octanol–water partition coefficient (Wildman–Crippen LogP) is 9.29. The molecule has 0 nitrogen and oxygen atoms in total. The smallest absolute Gasteiger partial charge is 0.00204 e. The zero-order chi connectivity index (χ0) is 22.8. The fraction of sp³-hybridized carbons (Fsp3) is 0.250. The van der Waals surface area contributed by atoms with E-state index in [2.05, 4.69) is 115 Å². The SMILES string of the molecule is Cc1cc(C)cc(/C=C/c2cc3c(C)cc(C)c4ccc5cc(C(C)(C)C)cc2c5c43)c1. The van der Waals surface area contributed by atoms with Crippen molar-refractivity contribution in [2.75, 3.05) is 0 Å². The third-order valence-corrected chi connectivity index (χ3v) is 6.85. The number of aryl methyl sites for hydroxylation is 4. The van der Waals surface area contributed by atoms with Gasteiger partial charge in [-0.15, -0.1) is 0 Å². The summed E-state index contributed by atoms with van der Waals surface area (Å²) >= 11 is 0. The summed E-state index contributed by atoms with van der Waals surface area (Å²) in [5.74, 6) is 0. The molecule has 0 aliphatic rings. The summed E-state index contributed by atoms with van der Waals surface area (Å²) in [6.07, 6.45) is 4.59. The molecule has 32 heavy (non-hydrogen) atoms. The number of hydrogen-bond donors (Lipinski definition) is 0. The molecule has 0 atom stereocenters. The molecular weight excluding hydrogens is 384 g/mol. The lowest BCUT2D eigenvalue weighted by atomic mass is 9.81. The fourth-order valence-electron chi connectivity index (χ4n) is 5.26. The molecule has 0 spiro atoms. The first kappa shape index (κ1) is 20.8. The Morgan fingerprint density at radius 2 is 1.28 bits per heavy atom. The van der Waals surface area contributed by atoms with Crippen LogP contribution in [0.1, 0.15) is 59.7 Å². The largest absolute Gasteiger partial charge is 0.0563 e. The topological polar surface area (TPSA) is 0 Å². The van der Waals surface area contributed by atoms with Crippen LogP contribution in [0, 0.1) is 27.7 Å². The summed E-state index contributed by atoms with van der Waals surface area (Å²) in [5, 5.41) is 8.26. The molecule has 0 saturated heterocycles. The molecule has 0 aliphatic carbocycles. The summed E-state index contributed by atoms with van der Waals surface area (Å²) in [6.45, 7) is 15.7. The van der Waals surface area contributed by atoms with E-state index in [1.165, 1.54) is 71.3 Å². The molecule has 0 radical (unpaired) electrons. The molecule has 5 aromatic carbocycles. The van der Waals surface area contributed by atoms with Crippen LogP contribution in [0.15, 0.2) is 54.6 Å². The quantitative estimate of drug-likeness (QED) is 0.199. The molecule has 0 saturated carbocycles. The highest BCUT2D eigenvalue weighted by Gasteiger charge is 2.19. The molecule has 160 valence electrons. The lowest BCUT2D eigenvalue weighted by Gasteiger charge is -2.23. The average Bonchev–Trinajstić information content (AvgIpc) is 2.71. The zero-order valence-corrected chi connectivity index (χ0v) is 20.4. The Bertz CT molecular complexity index is 1500. The van der Waals surface area contributed by atoms with Gasteiger partial charge in [0.1, 0.15) is 0 Å². The van der Waals surface area contributed by atoms with Crippen LogP contribution in [0.3, 0.4) is 0 Å². The highest BCUT2D eigenvalue weighted by atomic mass is 14.2. The molecule has 0 fully saturated rings. The van der Waals surface area contributed by atoms with Crippen molar-refractivity contribution in [2.45, 2.75) is 53.9 Å². The second kappa shape index (κ2) is 7.20. The van der Waals surface area contributed by atoms with Gasteiger partial charge in [0.2, 0.25) is 0 Å². The van der Waals surface area contributed by atoms with Crippen LogP contribution in [0.4, 0.5) is 0 Å². The van der Waals surface area contributed by atoms with E-state index in [1.807, 2.05) is 0 Å². The predicted molar refractivity (Wildman–Crippen MR) is 143 cm³/mol. The first-order chi connectivity index (χ1) is 15.1. The van der Waals surface area contributed by atoms with Crippen LogP contribution in [0.2, 0.25) is 0 Å². The van der Waals surface area contributed by atoms with E-state index in [0.29, 0.717) is 0 Å². The fourth-order valence-corrected chi connectivity index (χ4v) is 5.26. The van der Waals surface area contributed by atoms with Crippen molar-refractivity contribution in [1.29, 1.82) is 0 Å². The van der Waals surface area contributed by atoms with Gasteiger partial charge < -0.3 is 0 Å². The Hall–Kier alpha value is -3.12. The minimum absolute atomic E-state index is 0.102. The van der Waals surface area contributed by atoms with Gasteiger partial charge in [-0.05, 0) is 105 Å². The van der Waals surface area contributed by atoms with Crippen molar-refractivity contribution < 1.29 is 0 Å². The standard InChI is InChI=1S/C32H32/c1-19-12-20(2)14-23(13-19)8-9-24-17-28-22(4)15-21(3)27-11-10-25-16-26(32(5,6)7)18-29(24)30(25)31(27)28/h8-18H,1-7H3/b9-8+. The Balaban J connectivity index is 1.88. The minimum Gasteiger partial charge on any atom is -0.0563 e. The third-order valence-electron chi connectivity index (χ3n) is 6.85. The van der Waals surface area contributed by atoms with Crippen LogP contribution < -0.4 is 0 Å². The molecule has 0 aliphatic heterocycles. The van der Waals surface area contributed by atoms with E-state index in [1.54, 1.807) is 0 Å². The second-order valence-corrected chi connectivity index (χ2v) is 10.6. The van der Waals surface area contributed by atoms with Crippen LogP contribution in [-0.2, 0) is 5.41 Å². The average molecular weight is 417 g/mol. The lowest BCUT2D eigenvalue weighted by Crippen LogP contribution is -2.11. The normalized spacial score (nSPS) is 12.7. The first-order valence-electron chi connectivity index (χ1n) is 11.6. The number of hydrogen-bond acceptors (Lipinski definition) is 0. The monoisotopic (exact) mass is 416 g/mol. The summed E-state index contributed by atoms with van der Waals surface area (Å²) in [6, 6.07) is 21.0. The maximum Gasteiger partial charge on any atom is -0.00204 e. The Labute approximate surface area is 191 Å². The van der Waals surface area contributed by atoms with Gasteiger partial charge in [-0.25, -0.2) is 0 Å². The van der Waals surface area contributed by atoms with E-state index in [4.69, 9.17) is 0 Å². The summed E-state index contributed by atoms with van der Waals surface area (Å²) < 4.78 is 0.